The van der Waals surface area contributed by atoms with Crippen LogP contribution in [0.2, 0.25) is 0 Å². The van der Waals surface area contributed by atoms with Crippen molar-refractivity contribution in [1.29, 1.82) is 0 Å². The highest BCUT2D eigenvalue weighted by molar-refractivity contribution is 7.78. The maximum absolute atomic E-state index is 4.41. The molecule has 0 N–H and O–H groups in total. The first-order valence-electron chi connectivity index (χ1n) is 2.83. The average molecular weight is 150 g/mol. The molecule has 0 aliphatic carbocycles. The molecular weight excluding hydrogens is 144 g/mol. The maximum Gasteiger partial charge on any atom is 0.162 e. The lowest BCUT2D eigenvalue weighted by molar-refractivity contribution is 1.24. The molecule has 0 saturated heterocycles. The molecule has 0 fully saturated rings. The van der Waals surface area contributed by atoms with Gasteiger partial charge in [-0.05, 0) is 30.8 Å². The summed E-state index contributed by atoms with van der Waals surface area (Å²) in [4.78, 5) is 7.67. The van der Waals surface area contributed by atoms with Crippen molar-refractivity contribution in [2.24, 2.45) is 4.99 Å². The molecule has 0 aromatic carbocycles. The third kappa shape index (κ3) is 1.72. The number of aliphatic imine (C=N–C) groups is 1. The molecule has 0 amide bonds. The Hall–Kier alpha value is -1.05. The highest BCUT2D eigenvalue weighted by Crippen LogP contribution is 2.05. The lowest BCUT2D eigenvalue weighted by Crippen LogP contribution is -1.74. The fourth-order valence-electron chi connectivity index (χ4n) is 0.573. The van der Waals surface area contributed by atoms with E-state index in [-0.39, 0.29) is 0 Å². The van der Waals surface area contributed by atoms with Crippen LogP contribution in [0.15, 0.2) is 23.3 Å². The van der Waals surface area contributed by atoms with Gasteiger partial charge in [-0.25, -0.2) is 4.98 Å². The van der Waals surface area contributed by atoms with Crippen LogP contribution in [-0.2, 0) is 0 Å². The summed E-state index contributed by atoms with van der Waals surface area (Å²) in [5.41, 5.74) is 1.11. The monoisotopic (exact) mass is 150 g/mol. The van der Waals surface area contributed by atoms with Gasteiger partial charge in [-0.2, -0.15) is 4.99 Å². The molecule has 0 aliphatic rings. The minimum absolute atomic E-state index is 0.612. The summed E-state index contributed by atoms with van der Waals surface area (Å²) < 4.78 is 0. The normalized spacial score (nSPS) is 8.50. The maximum atomic E-state index is 4.41. The second-order valence-electron chi connectivity index (χ2n) is 1.90. The molecule has 1 rings (SSSR count). The van der Waals surface area contributed by atoms with Crippen molar-refractivity contribution in [3.05, 3.63) is 23.9 Å². The first-order chi connectivity index (χ1) is 4.83. The third-order valence-electron chi connectivity index (χ3n) is 1.06. The van der Waals surface area contributed by atoms with E-state index in [2.05, 4.69) is 27.4 Å². The number of aromatic nitrogens is 1. The summed E-state index contributed by atoms with van der Waals surface area (Å²) in [6.45, 7) is 1.97. The van der Waals surface area contributed by atoms with Crippen LogP contribution in [0.1, 0.15) is 5.56 Å². The van der Waals surface area contributed by atoms with Crippen LogP contribution in [0, 0.1) is 6.92 Å². The van der Waals surface area contributed by atoms with E-state index in [4.69, 9.17) is 0 Å². The van der Waals surface area contributed by atoms with Crippen molar-refractivity contribution in [3.8, 4) is 0 Å². The zero-order valence-corrected chi connectivity index (χ0v) is 6.35. The largest absolute Gasteiger partial charge is 0.236 e. The lowest BCUT2D eigenvalue weighted by atomic mass is 10.3. The van der Waals surface area contributed by atoms with Crippen LogP contribution in [0.25, 0.3) is 0 Å². The number of rotatable bonds is 1. The average Bonchev–Trinajstić information content (AvgIpc) is 1.95. The molecule has 3 heteroatoms. The Kier molecular flexibility index (Phi) is 2.26. The van der Waals surface area contributed by atoms with Gasteiger partial charge in [0.15, 0.2) is 5.82 Å². The molecule has 2 nitrogen and oxygen atoms in total. The predicted molar refractivity (Wildman–Crippen MR) is 43.7 cm³/mol. The molecule has 0 spiro atoms. The summed E-state index contributed by atoms with van der Waals surface area (Å²) in [5, 5.41) is 2.25. The first kappa shape index (κ1) is 7.06. The summed E-state index contributed by atoms with van der Waals surface area (Å²) in [6.07, 6.45) is 1.74. The molecule has 1 aromatic heterocycles. The fraction of sp³-hybridized carbons (Fsp3) is 0.143. The van der Waals surface area contributed by atoms with Crippen molar-refractivity contribution in [2.75, 3.05) is 0 Å². The van der Waals surface area contributed by atoms with Gasteiger partial charge < -0.3 is 0 Å². The number of hydrogen-bond acceptors (Lipinski definition) is 3. The molecule has 1 heterocycles. The van der Waals surface area contributed by atoms with Gasteiger partial charge in [0.1, 0.15) is 0 Å². The molecule has 0 bridgehead atoms. The van der Waals surface area contributed by atoms with E-state index in [0.717, 1.165) is 5.56 Å². The minimum Gasteiger partial charge on any atom is -0.236 e. The smallest absolute Gasteiger partial charge is 0.162 e. The van der Waals surface area contributed by atoms with Crippen LogP contribution < -0.4 is 0 Å². The first-order valence-corrected chi connectivity index (χ1v) is 3.24. The van der Waals surface area contributed by atoms with E-state index < -0.39 is 0 Å². The number of thiocarbonyl (C=S) groups is 1. The third-order valence-corrected chi connectivity index (χ3v) is 1.15. The minimum atomic E-state index is 0.612. The molecule has 0 unspecified atom stereocenters. The molecule has 1 aromatic rings. The van der Waals surface area contributed by atoms with Crippen LogP contribution in [0.3, 0.4) is 0 Å². The zero-order valence-electron chi connectivity index (χ0n) is 5.53. The van der Waals surface area contributed by atoms with Gasteiger partial charge in [-0.15, -0.1) is 0 Å². The Labute approximate surface area is 64.6 Å². The number of hydrogen-bond donors (Lipinski definition) is 0. The van der Waals surface area contributed by atoms with Crippen LogP contribution in [0.5, 0.6) is 0 Å². The van der Waals surface area contributed by atoms with E-state index in [1.54, 1.807) is 12.3 Å². The van der Waals surface area contributed by atoms with E-state index in [0.29, 0.717) is 5.82 Å². The van der Waals surface area contributed by atoms with Crippen molar-refractivity contribution in [3.63, 3.8) is 0 Å². The lowest BCUT2D eigenvalue weighted by Gasteiger charge is -1.89. The van der Waals surface area contributed by atoms with Crippen LogP contribution >= 0.6 is 12.2 Å². The zero-order chi connectivity index (χ0) is 7.40. The molecule has 50 valence electrons. The number of nitrogens with zero attached hydrogens (tertiary/aromatic N) is 2. The quantitative estimate of drug-likeness (QED) is 0.452. The Morgan fingerprint density at radius 1 is 1.60 bits per heavy atom. The van der Waals surface area contributed by atoms with Gasteiger partial charge in [0, 0.05) is 6.20 Å². The molecule has 0 aliphatic heterocycles. The molecule has 0 saturated carbocycles. The van der Waals surface area contributed by atoms with Crippen molar-refractivity contribution in [2.45, 2.75) is 6.92 Å². The van der Waals surface area contributed by atoms with Gasteiger partial charge in [-0.3, -0.25) is 0 Å². The van der Waals surface area contributed by atoms with Crippen LogP contribution in [0.4, 0.5) is 5.82 Å². The van der Waals surface area contributed by atoms with Crippen molar-refractivity contribution in [1.82, 2.24) is 4.98 Å². The summed E-state index contributed by atoms with van der Waals surface area (Å²) in [7, 11) is 0. The summed E-state index contributed by atoms with van der Waals surface area (Å²) >= 11 is 4.41. The predicted octanol–water partition coefficient (Wildman–Crippen LogP) is 2.12. The van der Waals surface area contributed by atoms with E-state index in [1.807, 2.05) is 13.0 Å². The van der Waals surface area contributed by atoms with Gasteiger partial charge >= 0.3 is 0 Å². The van der Waals surface area contributed by atoms with Crippen molar-refractivity contribution < 1.29 is 0 Å². The second kappa shape index (κ2) is 3.20. The Morgan fingerprint density at radius 2 is 2.40 bits per heavy atom. The van der Waals surface area contributed by atoms with Gasteiger partial charge in [0.2, 0.25) is 0 Å². The van der Waals surface area contributed by atoms with Gasteiger partial charge in [-0.1, -0.05) is 6.07 Å². The summed E-state index contributed by atoms with van der Waals surface area (Å²) in [6, 6.07) is 3.73. The molecule has 10 heavy (non-hydrogen) atoms. The van der Waals surface area contributed by atoms with Crippen LogP contribution in [-0.4, -0.2) is 10.1 Å². The van der Waals surface area contributed by atoms with Crippen molar-refractivity contribution >= 4 is 23.2 Å². The van der Waals surface area contributed by atoms with Gasteiger partial charge in [0.05, 0.1) is 5.16 Å². The Bertz CT molecular complexity index is 259. The topological polar surface area (TPSA) is 25.2 Å². The second-order valence-corrected chi connectivity index (χ2v) is 2.08. The van der Waals surface area contributed by atoms with Gasteiger partial charge in [0.25, 0.3) is 0 Å². The standard InChI is InChI=1S/C7H6N2S/c1-6-2-3-7(8-4-6)9-5-10/h2-4H,1H3. The molecule has 0 atom stereocenters. The Morgan fingerprint density at radius 3 is 2.90 bits per heavy atom. The SMILES string of the molecule is Cc1ccc(N=C=S)nc1. The fourth-order valence-corrected chi connectivity index (χ4v) is 0.666. The summed E-state index contributed by atoms with van der Waals surface area (Å²) in [5.74, 6) is 0.612. The highest BCUT2D eigenvalue weighted by atomic mass is 32.1. The van der Waals surface area contributed by atoms with E-state index >= 15 is 0 Å². The highest BCUT2D eigenvalue weighted by Gasteiger charge is 1.86. The molecular formula is C7H6N2S. The molecule has 0 radical (unpaired) electrons. The number of isothiocyanates is 1. The number of pyridine rings is 1. The Balaban J connectivity index is 3.00. The number of aryl methyl sites for hydroxylation is 1. The van der Waals surface area contributed by atoms with E-state index in [1.165, 1.54) is 0 Å². The van der Waals surface area contributed by atoms with E-state index in [9.17, 15) is 0 Å².